The Morgan fingerprint density at radius 1 is 1.40 bits per heavy atom. The van der Waals surface area contributed by atoms with E-state index >= 15 is 0 Å². The molecule has 20 heavy (non-hydrogen) atoms. The molecule has 1 aliphatic carbocycles. The number of carboxylic acids is 1. The Morgan fingerprint density at radius 2 is 2.15 bits per heavy atom. The monoisotopic (exact) mass is 277 g/mol. The molecule has 0 spiro atoms. The predicted molar refractivity (Wildman–Crippen MR) is 79.4 cm³/mol. The van der Waals surface area contributed by atoms with Crippen molar-refractivity contribution in [3.05, 3.63) is 23.4 Å². The van der Waals surface area contributed by atoms with Crippen LogP contribution < -0.4 is 10.6 Å². The second-order valence-electron chi connectivity index (χ2n) is 5.63. The summed E-state index contributed by atoms with van der Waals surface area (Å²) < 4.78 is 0. The number of hydrogen-bond donors (Lipinski definition) is 3. The molecule has 1 aliphatic rings. The van der Waals surface area contributed by atoms with E-state index in [1.54, 1.807) is 12.1 Å². The Balaban J connectivity index is 1.89. The van der Waals surface area contributed by atoms with Crippen molar-refractivity contribution in [3.8, 4) is 0 Å². The van der Waals surface area contributed by atoms with Crippen molar-refractivity contribution < 1.29 is 9.90 Å². The molecule has 0 radical (unpaired) electrons. The third-order valence-corrected chi connectivity index (χ3v) is 3.35. The SMILES string of the molecule is CC(C)c1cc(C(=O)O)cc(NCCCNC2CC2)n1. The highest BCUT2D eigenvalue weighted by molar-refractivity contribution is 5.88. The lowest BCUT2D eigenvalue weighted by atomic mass is 10.1. The van der Waals surface area contributed by atoms with Crippen LogP contribution in [0.1, 0.15) is 55.1 Å². The molecule has 1 heterocycles. The lowest BCUT2D eigenvalue weighted by molar-refractivity contribution is 0.0696. The highest BCUT2D eigenvalue weighted by Crippen LogP contribution is 2.19. The number of aromatic nitrogens is 1. The highest BCUT2D eigenvalue weighted by Gasteiger charge is 2.19. The van der Waals surface area contributed by atoms with Crippen molar-refractivity contribution in [2.75, 3.05) is 18.4 Å². The summed E-state index contributed by atoms with van der Waals surface area (Å²) in [6, 6.07) is 3.98. The van der Waals surface area contributed by atoms with E-state index in [9.17, 15) is 4.79 Å². The fraction of sp³-hybridized carbons (Fsp3) is 0.600. The second kappa shape index (κ2) is 6.70. The van der Waals surface area contributed by atoms with Gasteiger partial charge in [0.2, 0.25) is 0 Å². The van der Waals surface area contributed by atoms with Gasteiger partial charge in [-0.2, -0.15) is 0 Å². The van der Waals surface area contributed by atoms with Gasteiger partial charge in [-0.3, -0.25) is 0 Å². The number of aromatic carboxylic acids is 1. The van der Waals surface area contributed by atoms with Crippen molar-refractivity contribution in [1.82, 2.24) is 10.3 Å². The molecule has 0 unspecified atom stereocenters. The lowest BCUT2D eigenvalue weighted by Crippen LogP contribution is -2.20. The number of anilines is 1. The molecule has 5 nitrogen and oxygen atoms in total. The minimum absolute atomic E-state index is 0.214. The predicted octanol–water partition coefficient (Wildman–Crippen LogP) is 2.46. The van der Waals surface area contributed by atoms with Crippen LogP contribution in [0.15, 0.2) is 12.1 Å². The maximum atomic E-state index is 11.1. The minimum Gasteiger partial charge on any atom is -0.478 e. The summed E-state index contributed by atoms with van der Waals surface area (Å²) in [5.74, 6) is -0.0424. The normalized spacial score (nSPS) is 14.6. The summed E-state index contributed by atoms with van der Waals surface area (Å²) in [4.78, 5) is 15.6. The fourth-order valence-corrected chi connectivity index (χ4v) is 1.96. The van der Waals surface area contributed by atoms with E-state index in [1.165, 1.54) is 12.8 Å². The molecule has 3 N–H and O–H groups in total. The van der Waals surface area contributed by atoms with Crippen LogP contribution in [0, 0.1) is 0 Å². The molecule has 0 aromatic carbocycles. The lowest BCUT2D eigenvalue weighted by Gasteiger charge is -2.11. The smallest absolute Gasteiger partial charge is 0.335 e. The van der Waals surface area contributed by atoms with Gasteiger partial charge in [0.15, 0.2) is 0 Å². The molecule has 0 aliphatic heterocycles. The number of nitrogens with one attached hydrogen (secondary N) is 2. The molecular formula is C15H23N3O2. The Morgan fingerprint density at radius 3 is 2.75 bits per heavy atom. The van der Waals surface area contributed by atoms with Crippen LogP contribution in [0.4, 0.5) is 5.82 Å². The molecule has 1 saturated carbocycles. The molecule has 2 rings (SSSR count). The van der Waals surface area contributed by atoms with Gasteiger partial charge in [0.1, 0.15) is 5.82 Å². The van der Waals surface area contributed by atoms with Crippen molar-refractivity contribution in [2.45, 2.75) is 45.1 Å². The maximum Gasteiger partial charge on any atom is 0.335 e. The number of carbonyl (C=O) groups is 1. The van der Waals surface area contributed by atoms with Crippen LogP contribution in [0.5, 0.6) is 0 Å². The van der Waals surface area contributed by atoms with Crippen molar-refractivity contribution in [1.29, 1.82) is 0 Å². The number of nitrogens with zero attached hydrogens (tertiary/aromatic N) is 1. The summed E-state index contributed by atoms with van der Waals surface area (Å²) in [6.07, 6.45) is 3.60. The summed E-state index contributed by atoms with van der Waals surface area (Å²) in [5.41, 5.74) is 1.10. The van der Waals surface area contributed by atoms with Gasteiger partial charge >= 0.3 is 5.97 Å². The Bertz CT molecular complexity index is 470. The third-order valence-electron chi connectivity index (χ3n) is 3.35. The zero-order valence-electron chi connectivity index (χ0n) is 12.1. The first kappa shape index (κ1) is 14.8. The third kappa shape index (κ3) is 4.49. The van der Waals surface area contributed by atoms with Gasteiger partial charge in [-0.05, 0) is 43.9 Å². The minimum atomic E-state index is -0.909. The average Bonchev–Trinajstić information content (AvgIpc) is 3.22. The van der Waals surface area contributed by atoms with Crippen LogP contribution in [0.3, 0.4) is 0 Å². The van der Waals surface area contributed by atoms with Crippen LogP contribution in [-0.2, 0) is 0 Å². The largest absolute Gasteiger partial charge is 0.478 e. The maximum absolute atomic E-state index is 11.1. The van der Waals surface area contributed by atoms with Crippen molar-refractivity contribution in [2.24, 2.45) is 0 Å². The van der Waals surface area contributed by atoms with E-state index in [0.29, 0.717) is 11.4 Å². The Labute approximate surface area is 119 Å². The second-order valence-corrected chi connectivity index (χ2v) is 5.63. The Hall–Kier alpha value is -1.62. The Kier molecular flexibility index (Phi) is 4.95. The molecule has 1 aromatic rings. The average molecular weight is 277 g/mol. The van der Waals surface area contributed by atoms with Gasteiger partial charge in [-0.25, -0.2) is 9.78 Å². The van der Waals surface area contributed by atoms with Gasteiger partial charge in [-0.1, -0.05) is 13.8 Å². The van der Waals surface area contributed by atoms with Gasteiger partial charge in [-0.15, -0.1) is 0 Å². The summed E-state index contributed by atoms with van der Waals surface area (Å²) >= 11 is 0. The van der Waals surface area contributed by atoms with E-state index < -0.39 is 5.97 Å². The summed E-state index contributed by atoms with van der Waals surface area (Å²) in [6.45, 7) is 5.81. The van der Waals surface area contributed by atoms with Crippen LogP contribution in [0.25, 0.3) is 0 Å². The van der Waals surface area contributed by atoms with Crippen LogP contribution >= 0.6 is 0 Å². The zero-order chi connectivity index (χ0) is 14.5. The first-order chi connectivity index (χ1) is 9.56. The number of hydrogen-bond acceptors (Lipinski definition) is 4. The van der Waals surface area contributed by atoms with E-state index in [1.807, 2.05) is 13.8 Å². The molecule has 110 valence electrons. The van der Waals surface area contributed by atoms with E-state index in [4.69, 9.17) is 5.11 Å². The molecule has 1 fully saturated rings. The highest BCUT2D eigenvalue weighted by atomic mass is 16.4. The first-order valence-corrected chi connectivity index (χ1v) is 7.29. The van der Waals surface area contributed by atoms with E-state index in [2.05, 4.69) is 15.6 Å². The fourth-order valence-electron chi connectivity index (χ4n) is 1.96. The standard InChI is InChI=1S/C15H23N3O2/c1-10(2)13-8-11(15(19)20)9-14(18-13)17-7-3-6-16-12-4-5-12/h8-10,12,16H,3-7H2,1-2H3,(H,17,18)(H,19,20). The van der Waals surface area contributed by atoms with Crippen molar-refractivity contribution in [3.63, 3.8) is 0 Å². The van der Waals surface area contributed by atoms with Gasteiger partial charge in [0, 0.05) is 18.3 Å². The molecule has 0 bridgehead atoms. The summed E-state index contributed by atoms with van der Waals surface area (Å²) in [5, 5.41) is 15.8. The molecule has 0 atom stereocenters. The number of carboxylic acid groups (broad SMARTS) is 1. The zero-order valence-corrected chi connectivity index (χ0v) is 12.1. The number of rotatable bonds is 8. The topological polar surface area (TPSA) is 74.2 Å². The first-order valence-electron chi connectivity index (χ1n) is 7.29. The van der Waals surface area contributed by atoms with E-state index in [0.717, 1.165) is 31.2 Å². The van der Waals surface area contributed by atoms with E-state index in [-0.39, 0.29) is 5.92 Å². The summed E-state index contributed by atoms with van der Waals surface area (Å²) in [7, 11) is 0. The molecule has 0 saturated heterocycles. The quantitative estimate of drug-likeness (QED) is 0.636. The number of pyridine rings is 1. The van der Waals surface area contributed by atoms with Crippen LogP contribution in [0.2, 0.25) is 0 Å². The van der Waals surface area contributed by atoms with Crippen molar-refractivity contribution >= 4 is 11.8 Å². The van der Waals surface area contributed by atoms with Gasteiger partial charge < -0.3 is 15.7 Å². The van der Waals surface area contributed by atoms with Gasteiger partial charge in [0.25, 0.3) is 0 Å². The molecule has 0 amide bonds. The molecular weight excluding hydrogens is 254 g/mol. The molecule has 1 aromatic heterocycles. The molecule has 5 heteroatoms. The van der Waals surface area contributed by atoms with Crippen LogP contribution in [-0.4, -0.2) is 35.2 Å². The van der Waals surface area contributed by atoms with Gasteiger partial charge in [0.05, 0.1) is 5.56 Å².